The number of piperazine rings is 1. The van der Waals surface area contributed by atoms with Gasteiger partial charge in [-0.25, -0.2) is 0 Å². The number of nitrogens with one attached hydrogen (secondary N) is 2. The lowest BCUT2D eigenvalue weighted by Crippen LogP contribution is -2.47. The van der Waals surface area contributed by atoms with Crippen molar-refractivity contribution in [2.45, 2.75) is 12.5 Å². The predicted molar refractivity (Wildman–Crippen MR) is 124 cm³/mol. The fourth-order valence-electron chi connectivity index (χ4n) is 3.75. The Morgan fingerprint density at radius 2 is 1.71 bits per heavy atom. The van der Waals surface area contributed by atoms with Crippen LogP contribution in [0.4, 0.5) is 0 Å². The molecule has 1 aliphatic rings. The van der Waals surface area contributed by atoms with Crippen LogP contribution in [0.2, 0.25) is 0 Å². The Labute approximate surface area is 184 Å². The summed E-state index contributed by atoms with van der Waals surface area (Å²) in [4.78, 5) is 28.8. The number of carbonyl (C=O) groups excluding carboxylic acids is 2. The molecule has 3 rings (SSSR count). The van der Waals surface area contributed by atoms with Crippen molar-refractivity contribution >= 4 is 17.9 Å². The van der Waals surface area contributed by atoms with Gasteiger partial charge in [0.2, 0.25) is 11.8 Å². The molecular weight excluding hydrogens is 388 g/mol. The highest BCUT2D eigenvalue weighted by molar-refractivity contribution is 5.94. The summed E-state index contributed by atoms with van der Waals surface area (Å²) >= 11 is 0. The summed E-state index contributed by atoms with van der Waals surface area (Å²) < 4.78 is 0. The van der Waals surface area contributed by atoms with Crippen molar-refractivity contribution in [1.82, 2.24) is 20.4 Å². The molecule has 0 saturated carbocycles. The molecule has 1 saturated heterocycles. The van der Waals surface area contributed by atoms with Crippen molar-refractivity contribution in [3.63, 3.8) is 0 Å². The van der Waals surface area contributed by atoms with Crippen molar-refractivity contribution in [2.75, 3.05) is 46.3 Å². The van der Waals surface area contributed by atoms with Crippen LogP contribution in [0.5, 0.6) is 0 Å². The van der Waals surface area contributed by atoms with Gasteiger partial charge >= 0.3 is 0 Å². The van der Waals surface area contributed by atoms with E-state index < -0.39 is 0 Å². The minimum absolute atomic E-state index is 0.0148. The number of nitrogens with zero attached hydrogens (tertiary/aromatic N) is 2. The first-order chi connectivity index (χ1) is 15.1. The summed E-state index contributed by atoms with van der Waals surface area (Å²) in [6, 6.07) is 20.6. The number of carbonyl (C=O) groups is 2. The minimum Gasteiger partial charge on any atom is -0.355 e. The van der Waals surface area contributed by atoms with Gasteiger partial charge in [-0.3, -0.25) is 14.5 Å². The van der Waals surface area contributed by atoms with E-state index in [-0.39, 0.29) is 18.4 Å². The quantitative estimate of drug-likeness (QED) is 0.483. The van der Waals surface area contributed by atoms with Crippen LogP contribution >= 0.6 is 0 Å². The van der Waals surface area contributed by atoms with Crippen LogP contribution in [0.3, 0.4) is 0 Å². The molecule has 1 unspecified atom stereocenters. The van der Waals surface area contributed by atoms with Gasteiger partial charge in [0.15, 0.2) is 0 Å². The van der Waals surface area contributed by atoms with Crippen LogP contribution in [0, 0.1) is 0 Å². The van der Waals surface area contributed by atoms with Crippen LogP contribution in [-0.4, -0.2) is 67.9 Å². The second-order valence-electron chi connectivity index (χ2n) is 7.89. The maximum Gasteiger partial charge on any atom is 0.244 e. The van der Waals surface area contributed by atoms with Gasteiger partial charge in [0.25, 0.3) is 0 Å². The average molecular weight is 421 g/mol. The third-order valence-electron chi connectivity index (χ3n) is 5.47. The number of hydrogen-bond donors (Lipinski definition) is 2. The number of hydrogen-bond acceptors (Lipinski definition) is 4. The topological polar surface area (TPSA) is 64.7 Å². The molecule has 6 nitrogen and oxygen atoms in total. The second-order valence-corrected chi connectivity index (χ2v) is 7.89. The van der Waals surface area contributed by atoms with Crippen LogP contribution in [0.15, 0.2) is 66.7 Å². The Kier molecular flexibility index (Phi) is 8.82. The van der Waals surface area contributed by atoms with Crippen molar-refractivity contribution in [1.29, 1.82) is 0 Å². The number of amides is 2. The Morgan fingerprint density at radius 3 is 2.45 bits per heavy atom. The zero-order valence-corrected chi connectivity index (χ0v) is 18.2. The van der Waals surface area contributed by atoms with E-state index in [1.54, 1.807) is 6.08 Å². The van der Waals surface area contributed by atoms with Gasteiger partial charge in [-0.15, -0.1) is 0 Å². The molecule has 0 aromatic heterocycles. The van der Waals surface area contributed by atoms with E-state index in [4.69, 9.17) is 0 Å². The van der Waals surface area contributed by atoms with Crippen molar-refractivity contribution in [3.05, 3.63) is 77.9 Å². The molecular formula is C25H32N4O2. The first-order valence-electron chi connectivity index (χ1n) is 10.9. The highest BCUT2D eigenvalue weighted by Crippen LogP contribution is 2.24. The van der Waals surface area contributed by atoms with Gasteiger partial charge in [0.05, 0.1) is 6.54 Å². The summed E-state index contributed by atoms with van der Waals surface area (Å²) in [7, 11) is 2.16. The van der Waals surface area contributed by atoms with Crippen molar-refractivity contribution < 1.29 is 9.59 Å². The van der Waals surface area contributed by atoms with Gasteiger partial charge < -0.3 is 15.5 Å². The largest absolute Gasteiger partial charge is 0.355 e. The molecule has 1 fully saturated rings. The number of benzene rings is 2. The average Bonchev–Trinajstić information content (AvgIpc) is 2.81. The lowest BCUT2D eigenvalue weighted by atomic mass is 10.0. The fraction of sp³-hybridized carbons (Fsp3) is 0.360. The molecule has 0 bridgehead atoms. The van der Waals surface area contributed by atoms with Crippen molar-refractivity contribution in [2.24, 2.45) is 0 Å². The molecule has 2 aromatic carbocycles. The smallest absolute Gasteiger partial charge is 0.244 e. The highest BCUT2D eigenvalue weighted by atomic mass is 16.2. The summed E-state index contributed by atoms with van der Waals surface area (Å²) in [5, 5.41) is 5.52. The van der Waals surface area contributed by atoms with Gasteiger partial charge in [-0.2, -0.15) is 0 Å². The zero-order chi connectivity index (χ0) is 21.9. The molecule has 164 valence electrons. The first-order valence-corrected chi connectivity index (χ1v) is 10.9. The van der Waals surface area contributed by atoms with Crippen LogP contribution in [0.25, 0.3) is 6.08 Å². The Balaban J connectivity index is 1.35. The molecule has 0 aliphatic carbocycles. The molecule has 0 radical (unpaired) electrons. The molecule has 2 aromatic rings. The SMILES string of the molecule is CN1CCN(CCCNC(=O)CNC(=O)/C=C/c2ccccc2)C(c2ccccc2)C1. The molecule has 1 atom stereocenters. The molecule has 1 heterocycles. The van der Waals surface area contributed by atoms with Gasteiger partial charge in [0, 0.05) is 44.8 Å². The van der Waals surface area contributed by atoms with Crippen molar-refractivity contribution in [3.8, 4) is 0 Å². The molecule has 31 heavy (non-hydrogen) atoms. The Bertz CT molecular complexity index is 854. The summed E-state index contributed by atoms with van der Waals surface area (Å²) in [5.74, 6) is -0.443. The van der Waals surface area contributed by atoms with E-state index in [0.717, 1.165) is 38.2 Å². The van der Waals surface area contributed by atoms with Gasteiger partial charge in [-0.05, 0) is 30.7 Å². The molecule has 1 aliphatic heterocycles. The van der Waals surface area contributed by atoms with Gasteiger partial charge in [0.1, 0.15) is 0 Å². The summed E-state index contributed by atoms with van der Waals surface area (Å²) in [5.41, 5.74) is 2.28. The molecule has 2 N–H and O–H groups in total. The first kappa shape index (κ1) is 22.7. The predicted octanol–water partition coefficient (Wildman–Crippen LogP) is 2.31. The maximum absolute atomic E-state index is 12.0. The van der Waals surface area contributed by atoms with Crippen LogP contribution in [-0.2, 0) is 9.59 Å². The summed E-state index contributed by atoms with van der Waals surface area (Å²) in [6.07, 6.45) is 4.05. The fourth-order valence-corrected chi connectivity index (χ4v) is 3.75. The van der Waals surface area contributed by atoms with E-state index in [1.807, 2.05) is 36.4 Å². The number of likely N-dealkylation sites (N-methyl/N-ethyl adjacent to an activating group) is 1. The molecule has 2 amide bonds. The van der Waals surface area contributed by atoms with E-state index in [0.29, 0.717) is 12.6 Å². The molecule has 6 heteroatoms. The third-order valence-corrected chi connectivity index (χ3v) is 5.47. The van der Waals surface area contributed by atoms with E-state index in [1.165, 1.54) is 11.6 Å². The van der Waals surface area contributed by atoms with E-state index >= 15 is 0 Å². The maximum atomic E-state index is 12.0. The van der Waals surface area contributed by atoms with Gasteiger partial charge in [-0.1, -0.05) is 60.7 Å². The molecule has 0 spiro atoms. The van der Waals surface area contributed by atoms with E-state index in [9.17, 15) is 9.59 Å². The van der Waals surface area contributed by atoms with Crippen LogP contribution < -0.4 is 10.6 Å². The zero-order valence-electron chi connectivity index (χ0n) is 18.2. The lowest BCUT2D eigenvalue weighted by molar-refractivity contribution is -0.123. The minimum atomic E-state index is -0.276. The lowest BCUT2D eigenvalue weighted by Gasteiger charge is -2.40. The Morgan fingerprint density at radius 1 is 1.00 bits per heavy atom. The number of rotatable bonds is 9. The second kappa shape index (κ2) is 12.0. The monoisotopic (exact) mass is 420 g/mol. The standard InChI is InChI=1S/C25H32N4O2/c1-28-17-18-29(23(20-28)22-11-6-3-7-12-22)16-8-15-26-25(31)19-27-24(30)14-13-21-9-4-2-5-10-21/h2-7,9-14,23H,8,15-20H2,1H3,(H,26,31)(H,27,30)/b14-13+. The highest BCUT2D eigenvalue weighted by Gasteiger charge is 2.25. The van der Waals surface area contributed by atoms with E-state index in [2.05, 4.69) is 51.7 Å². The summed E-state index contributed by atoms with van der Waals surface area (Å²) in [6.45, 7) is 4.60. The van der Waals surface area contributed by atoms with Crippen LogP contribution in [0.1, 0.15) is 23.6 Å². The third kappa shape index (κ3) is 7.66. The Hall–Kier alpha value is -2.96. The normalized spacial score (nSPS) is 17.5.